The predicted octanol–water partition coefficient (Wildman–Crippen LogP) is 4.26. The monoisotopic (exact) mass is 436 g/mol. The number of nitrogens with zero attached hydrogens (tertiary/aromatic N) is 1. The van der Waals surface area contributed by atoms with Gasteiger partial charge in [0.25, 0.3) is 0 Å². The molecule has 1 heterocycles. The van der Waals surface area contributed by atoms with Crippen LogP contribution in [0.1, 0.15) is 51.9 Å². The molecule has 2 aromatic rings. The molecule has 0 atom stereocenters. The van der Waals surface area contributed by atoms with Crippen molar-refractivity contribution in [2.45, 2.75) is 51.9 Å². The molecule has 4 fully saturated rings. The number of anilines is 2. The van der Waals surface area contributed by atoms with Gasteiger partial charge >= 0.3 is 5.97 Å². The molecule has 1 aromatic carbocycles. The lowest BCUT2D eigenvalue weighted by atomic mass is 9.49. The molecule has 7 nitrogen and oxygen atoms in total. The van der Waals surface area contributed by atoms with E-state index < -0.39 is 0 Å². The van der Waals surface area contributed by atoms with E-state index in [1.807, 2.05) is 30.3 Å². The summed E-state index contributed by atoms with van der Waals surface area (Å²) < 4.78 is 0. The summed E-state index contributed by atoms with van der Waals surface area (Å²) in [6.45, 7) is 2.39. The Labute approximate surface area is 188 Å². The third kappa shape index (κ3) is 4.58. The molecule has 1 amide bonds. The first kappa shape index (κ1) is 21.2. The lowest BCUT2D eigenvalue weighted by Gasteiger charge is -2.56. The molecule has 4 bridgehead atoms. The van der Waals surface area contributed by atoms with Crippen LogP contribution >= 0.6 is 0 Å². The Morgan fingerprint density at radius 1 is 1.03 bits per heavy atom. The first-order valence-electron chi connectivity index (χ1n) is 11.8. The normalized spacial score (nSPS) is 28.0. The molecule has 0 unspecified atom stereocenters. The van der Waals surface area contributed by atoms with Crippen LogP contribution < -0.4 is 16.1 Å². The van der Waals surface area contributed by atoms with E-state index in [9.17, 15) is 9.59 Å². The lowest BCUT2D eigenvalue weighted by Crippen LogP contribution is -2.47. The fourth-order valence-electron chi connectivity index (χ4n) is 6.80. The molecule has 7 heteroatoms. The largest absolute Gasteiger partial charge is 0.371 e. The summed E-state index contributed by atoms with van der Waals surface area (Å²) >= 11 is 0. The van der Waals surface area contributed by atoms with Gasteiger partial charge in [0.1, 0.15) is 5.82 Å². The van der Waals surface area contributed by atoms with Gasteiger partial charge in [-0.05, 0) is 86.0 Å². The molecular weight excluding hydrogens is 404 g/mol. The van der Waals surface area contributed by atoms with Gasteiger partial charge in [-0.2, -0.15) is 5.48 Å². The van der Waals surface area contributed by atoms with Gasteiger partial charge in [-0.3, -0.25) is 9.59 Å². The van der Waals surface area contributed by atoms with Gasteiger partial charge in [-0.1, -0.05) is 6.07 Å². The smallest absolute Gasteiger partial charge is 0.321 e. The van der Waals surface area contributed by atoms with E-state index in [2.05, 4.69) is 21.1 Å². The summed E-state index contributed by atoms with van der Waals surface area (Å²) in [5.41, 5.74) is 4.48. The predicted molar refractivity (Wildman–Crippen MR) is 124 cm³/mol. The third-order valence-electron chi connectivity index (χ3n) is 7.46. The highest BCUT2D eigenvalue weighted by molar-refractivity contribution is 6.01. The molecule has 4 aliphatic carbocycles. The summed E-state index contributed by atoms with van der Waals surface area (Å²) in [7, 11) is 0. The highest BCUT2D eigenvalue weighted by Gasteiger charge is 2.51. The van der Waals surface area contributed by atoms with E-state index >= 15 is 0 Å². The molecule has 0 saturated heterocycles. The zero-order valence-electron chi connectivity index (χ0n) is 18.7. The van der Waals surface area contributed by atoms with Gasteiger partial charge in [-0.15, -0.1) is 0 Å². The molecule has 1 aromatic heterocycles. The molecule has 3 N–H and O–H groups in total. The maximum atomic E-state index is 13.1. The summed E-state index contributed by atoms with van der Waals surface area (Å²) in [5.74, 6) is 3.06. The van der Waals surface area contributed by atoms with Crippen LogP contribution in [0.15, 0.2) is 30.3 Å². The zero-order chi connectivity index (χ0) is 22.1. The van der Waals surface area contributed by atoms with Crippen molar-refractivity contribution in [3.63, 3.8) is 0 Å². The van der Waals surface area contributed by atoms with Crippen LogP contribution in [0.4, 0.5) is 11.5 Å². The highest BCUT2D eigenvalue weighted by Crippen LogP contribution is 2.61. The number of pyridine rings is 1. The Morgan fingerprint density at radius 3 is 2.44 bits per heavy atom. The van der Waals surface area contributed by atoms with Gasteiger partial charge in [0.15, 0.2) is 0 Å². The first-order valence-corrected chi connectivity index (χ1v) is 11.8. The number of hydrogen-bond acceptors (Lipinski definition) is 6. The van der Waals surface area contributed by atoms with E-state index in [1.54, 1.807) is 0 Å². The van der Waals surface area contributed by atoms with Crippen molar-refractivity contribution in [1.29, 1.82) is 0 Å². The Hall–Kier alpha value is -2.67. The van der Waals surface area contributed by atoms with Crippen molar-refractivity contribution >= 4 is 34.3 Å². The number of aromatic nitrogens is 1. The van der Waals surface area contributed by atoms with Crippen molar-refractivity contribution < 1.29 is 14.4 Å². The van der Waals surface area contributed by atoms with Gasteiger partial charge in [0.05, 0.1) is 11.2 Å². The number of benzene rings is 1. The fraction of sp³-hybridized carbons (Fsp3) is 0.560. The zero-order valence-corrected chi connectivity index (χ0v) is 18.7. The number of nitrogens with one attached hydrogen (secondary N) is 3. The Kier molecular flexibility index (Phi) is 5.76. The SMILES string of the molecule is CC(=O)ONCCNc1ccc2c(NC(=O)CC34CC5CC(CC(C5)C3)C4)cccc2n1. The number of carbonyl (C=O) groups is 2. The number of rotatable bonds is 8. The summed E-state index contributed by atoms with van der Waals surface area (Å²) in [5, 5.41) is 7.34. The molecule has 4 aliphatic rings. The van der Waals surface area contributed by atoms with E-state index in [0.717, 1.165) is 40.2 Å². The quantitative estimate of drug-likeness (QED) is 0.423. The van der Waals surface area contributed by atoms with Crippen molar-refractivity contribution in [2.24, 2.45) is 23.2 Å². The van der Waals surface area contributed by atoms with E-state index in [0.29, 0.717) is 19.5 Å². The highest BCUT2D eigenvalue weighted by atomic mass is 16.7. The second-order valence-corrected chi connectivity index (χ2v) is 10.1. The molecule has 0 radical (unpaired) electrons. The average Bonchev–Trinajstić information content (AvgIpc) is 2.72. The van der Waals surface area contributed by atoms with Crippen LogP contribution in [0.5, 0.6) is 0 Å². The molecule has 6 rings (SSSR count). The van der Waals surface area contributed by atoms with E-state index in [1.165, 1.54) is 45.4 Å². The summed E-state index contributed by atoms with van der Waals surface area (Å²) in [6, 6.07) is 9.74. The van der Waals surface area contributed by atoms with Crippen LogP contribution in [0.2, 0.25) is 0 Å². The van der Waals surface area contributed by atoms with E-state index in [-0.39, 0.29) is 17.3 Å². The Bertz CT molecular complexity index is 986. The molecule has 0 spiro atoms. The van der Waals surface area contributed by atoms with Crippen LogP contribution in [0, 0.1) is 23.2 Å². The number of hydrogen-bond donors (Lipinski definition) is 3. The van der Waals surface area contributed by atoms with Crippen LogP contribution in [-0.2, 0) is 14.4 Å². The van der Waals surface area contributed by atoms with Crippen LogP contribution in [0.3, 0.4) is 0 Å². The van der Waals surface area contributed by atoms with Crippen LogP contribution in [0.25, 0.3) is 10.9 Å². The van der Waals surface area contributed by atoms with Crippen molar-refractivity contribution in [3.05, 3.63) is 30.3 Å². The molecule has 32 heavy (non-hydrogen) atoms. The van der Waals surface area contributed by atoms with E-state index in [4.69, 9.17) is 4.84 Å². The first-order chi connectivity index (χ1) is 15.5. The number of fused-ring (bicyclic) bond motifs is 1. The molecular formula is C25H32N4O3. The van der Waals surface area contributed by atoms with Crippen molar-refractivity contribution in [1.82, 2.24) is 10.5 Å². The van der Waals surface area contributed by atoms with Crippen LogP contribution in [-0.4, -0.2) is 29.9 Å². The molecule has 170 valence electrons. The van der Waals surface area contributed by atoms with Crippen molar-refractivity contribution in [2.75, 3.05) is 23.7 Å². The number of hydroxylamine groups is 1. The van der Waals surface area contributed by atoms with Gasteiger partial charge in [0, 0.05) is 31.8 Å². The minimum atomic E-state index is -0.369. The second-order valence-electron chi connectivity index (χ2n) is 10.1. The fourth-order valence-corrected chi connectivity index (χ4v) is 6.80. The standard InChI is InChI=1S/C25H32N4O3/c1-16(30)32-27-8-7-26-23-6-5-20-21(28-23)3-2-4-22(20)29-24(31)15-25-12-17-9-18(13-25)11-19(10-17)14-25/h2-6,17-19,27H,7-15H2,1H3,(H,26,28)(H,29,31). The summed E-state index contributed by atoms with van der Waals surface area (Å²) in [4.78, 5) is 33.2. The number of amides is 1. The lowest BCUT2D eigenvalue weighted by molar-refractivity contribution is -0.148. The van der Waals surface area contributed by atoms with Crippen molar-refractivity contribution in [3.8, 4) is 0 Å². The number of carbonyl (C=O) groups excluding carboxylic acids is 2. The Balaban J connectivity index is 1.21. The molecule has 0 aliphatic heterocycles. The summed E-state index contributed by atoms with van der Waals surface area (Å²) in [6.07, 6.45) is 8.56. The third-order valence-corrected chi connectivity index (χ3v) is 7.46. The minimum Gasteiger partial charge on any atom is -0.371 e. The Morgan fingerprint density at radius 2 is 1.75 bits per heavy atom. The topological polar surface area (TPSA) is 92.4 Å². The molecule has 4 saturated carbocycles. The maximum Gasteiger partial charge on any atom is 0.321 e. The average molecular weight is 437 g/mol. The maximum absolute atomic E-state index is 13.1. The van der Waals surface area contributed by atoms with Gasteiger partial charge < -0.3 is 15.5 Å². The second kappa shape index (κ2) is 8.70. The minimum absolute atomic E-state index is 0.137. The van der Waals surface area contributed by atoms with Gasteiger partial charge in [-0.25, -0.2) is 4.98 Å². The van der Waals surface area contributed by atoms with Gasteiger partial charge in [0.2, 0.25) is 5.91 Å².